The molecule has 126 valence electrons. The average molecular weight is 325 g/mol. The highest BCUT2D eigenvalue weighted by atomic mass is 19.1. The van der Waals surface area contributed by atoms with Crippen LogP contribution in [0.4, 0.5) is 4.39 Å². The van der Waals surface area contributed by atoms with Gasteiger partial charge in [0.25, 0.3) is 0 Å². The Morgan fingerprint density at radius 2 is 1.75 bits per heavy atom. The summed E-state index contributed by atoms with van der Waals surface area (Å²) in [5.41, 5.74) is 5.10. The Balaban J connectivity index is 2.41. The van der Waals surface area contributed by atoms with Gasteiger partial charge in [0.1, 0.15) is 5.82 Å². The summed E-state index contributed by atoms with van der Waals surface area (Å²) in [6.07, 6.45) is 1.88. The van der Waals surface area contributed by atoms with Gasteiger partial charge in [0.05, 0.1) is 0 Å². The summed E-state index contributed by atoms with van der Waals surface area (Å²) in [6.45, 7) is 9.61. The third-order valence-corrected chi connectivity index (χ3v) is 3.93. The molecular weight excluding hydrogens is 301 g/mol. The monoisotopic (exact) mass is 325 g/mol. The second-order valence-electron chi connectivity index (χ2n) is 6.46. The van der Waals surface area contributed by atoms with Gasteiger partial charge in [-0.25, -0.2) is 4.39 Å². The van der Waals surface area contributed by atoms with Crippen LogP contribution in [0.3, 0.4) is 0 Å². The molecule has 2 aromatic rings. The lowest BCUT2D eigenvalue weighted by Crippen LogP contribution is -2.30. The summed E-state index contributed by atoms with van der Waals surface area (Å²) in [4.78, 5) is 12.1. The standard InChI is InChI=1S/C21H24FNO/c1-13(2)23-21(24)16(5)11-17-10-15(4)19(12-14(17)3)18-8-6-7-9-20(18)22/h6-13H,1-5H3,(H,23,24). The highest BCUT2D eigenvalue weighted by Crippen LogP contribution is 2.29. The third-order valence-electron chi connectivity index (χ3n) is 3.93. The second kappa shape index (κ2) is 7.43. The topological polar surface area (TPSA) is 29.1 Å². The molecular formula is C21H24FNO. The SMILES string of the molecule is CC(=Cc1cc(C)c(-c2ccccc2F)cc1C)C(=O)NC(C)C. The van der Waals surface area contributed by atoms with E-state index in [1.165, 1.54) is 6.07 Å². The van der Waals surface area contributed by atoms with E-state index in [1.807, 2.05) is 52.0 Å². The largest absolute Gasteiger partial charge is 0.350 e. The van der Waals surface area contributed by atoms with Crippen LogP contribution in [0.2, 0.25) is 0 Å². The molecule has 0 fully saturated rings. The molecule has 1 amide bonds. The number of rotatable bonds is 4. The lowest BCUT2D eigenvalue weighted by Gasteiger charge is -2.13. The Kier molecular flexibility index (Phi) is 5.55. The van der Waals surface area contributed by atoms with Crippen LogP contribution in [0.15, 0.2) is 42.0 Å². The number of aryl methyl sites for hydroxylation is 2. The molecule has 1 N–H and O–H groups in total. The molecule has 2 rings (SSSR count). The maximum atomic E-state index is 14.1. The molecule has 0 saturated heterocycles. The van der Waals surface area contributed by atoms with Crippen LogP contribution < -0.4 is 5.32 Å². The molecule has 0 aliphatic carbocycles. The van der Waals surface area contributed by atoms with E-state index in [9.17, 15) is 9.18 Å². The van der Waals surface area contributed by atoms with Crippen LogP contribution in [0.1, 0.15) is 37.5 Å². The lowest BCUT2D eigenvalue weighted by atomic mass is 9.94. The van der Waals surface area contributed by atoms with Crippen molar-refractivity contribution < 1.29 is 9.18 Å². The molecule has 0 saturated carbocycles. The smallest absolute Gasteiger partial charge is 0.247 e. The zero-order valence-corrected chi connectivity index (χ0v) is 14.9. The normalized spacial score (nSPS) is 11.7. The summed E-state index contributed by atoms with van der Waals surface area (Å²) in [6, 6.07) is 10.9. The van der Waals surface area contributed by atoms with E-state index in [0.29, 0.717) is 11.1 Å². The van der Waals surface area contributed by atoms with Gasteiger partial charge in [0.2, 0.25) is 5.91 Å². The van der Waals surface area contributed by atoms with Crippen molar-refractivity contribution in [3.63, 3.8) is 0 Å². The zero-order chi connectivity index (χ0) is 17.9. The quantitative estimate of drug-likeness (QED) is 0.784. The average Bonchev–Trinajstić information content (AvgIpc) is 2.50. The molecule has 0 radical (unpaired) electrons. The van der Waals surface area contributed by atoms with Gasteiger partial charge in [-0.15, -0.1) is 0 Å². The first-order chi connectivity index (χ1) is 11.3. The molecule has 0 unspecified atom stereocenters. The molecule has 3 heteroatoms. The highest BCUT2D eigenvalue weighted by Gasteiger charge is 2.11. The Morgan fingerprint density at radius 3 is 2.38 bits per heavy atom. The molecule has 0 bridgehead atoms. The first-order valence-corrected chi connectivity index (χ1v) is 8.15. The van der Waals surface area contributed by atoms with E-state index in [2.05, 4.69) is 5.32 Å². The van der Waals surface area contributed by atoms with Crippen molar-refractivity contribution in [3.05, 3.63) is 64.5 Å². The van der Waals surface area contributed by atoms with Crippen molar-refractivity contribution in [1.29, 1.82) is 0 Å². The fourth-order valence-electron chi connectivity index (χ4n) is 2.64. The van der Waals surface area contributed by atoms with Crippen molar-refractivity contribution in [3.8, 4) is 11.1 Å². The summed E-state index contributed by atoms with van der Waals surface area (Å²) >= 11 is 0. The van der Waals surface area contributed by atoms with Crippen LogP contribution in [0.5, 0.6) is 0 Å². The Bertz CT molecular complexity index is 790. The van der Waals surface area contributed by atoms with E-state index < -0.39 is 0 Å². The summed E-state index contributed by atoms with van der Waals surface area (Å²) < 4.78 is 14.1. The fraction of sp³-hybridized carbons (Fsp3) is 0.286. The summed E-state index contributed by atoms with van der Waals surface area (Å²) in [7, 11) is 0. The summed E-state index contributed by atoms with van der Waals surface area (Å²) in [5.74, 6) is -0.295. The molecule has 0 heterocycles. The highest BCUT2D eigenvalue weighted by molar-refractivity contribution is 5.97. The number of amides is 1. The number of benzene rings is 2. The minimum atomic E-state index is -0.226. The van der Waals surface area contributed by atoms with Gasteiger partial charge in [-0.2, -0.15) is 0 Å². The second-order valence-corrected chi connectivity index (χ2v) is 6.46. The zero-order valence-electron chi connectivity index (χ0n) is 14.9. The van der Waals surface area contributed by atoms with E-state index in [-0.39, 0.29) is 17.8 Å². The van der Waals surface area contributed by atoms with Crippen LogP contribution in [-0.2, 0) is 4.79 Å². The van der Waals surface area contributed by atoms with Gasteiger partial charge >= 0.3 is 0 Å². The van der Waals surface area contributed by atoms with Crippen LogP contribution >= 0.6 is 0 Å². The van der Waals surface area contributed by atoms with E-state index in [4.69, 9.17) is 0 Å². The van der Waals surface area contributed by atoms with E-state index in [1.54, 1.807) is 19.1 Å². The van der Waals surface area contributed by atoms with Crippen molar-refractivity contribution >= 4 is 12.0 Å². The molecule has 0 aliphatic heterocycles. The minimum absolute atomic E-state index is 0.0692. The molecule has 24 heavy (non-hydrogen) atoms. The van der Waals surface area contributed by atoms with Crippen molar-refractivity contribution in [2.45, 2.75) is 40.7 Å². The first kappa shape index (κ1) is 17.9. The maximum Gasteiger partial charge on any atom is 0.247 e. The van der Waals surface area contributed by atoms with Gasteiger partial charge in [0.15, 0.2) is 0 Å². The number of hydrogen-bond donors (Lipinski definition) is 1. The van der Waals surface area contributed by atoms with E-state index in [0.717, 1.165) is 22.3 Å². The fourth-order valence-corrected chi connectivity index (χ4v) is 2.64. The Labute approximate surface area is 143 Å². The Hall–Kier alpha value is -2.42. The van der Waals surface area contributed by atoms with E-state index >= 15 is 0 Å². The number of carbonyl (C=O) groups is 1. The molecule has 2 nitrogen and oxygen atoms in total. The number of halogens is 1. The third kappa shape index (κ3) is 4.10. The Morgan fingerprint density at radius 1 is 1.08 bits per heavy atom. The predicted octanol–water partition coefficient (Wildman–Crippen LogP) is 5.04. The van der Waals surface area contributed by atoms with Gasteiger partial charge < -0.3 is 5.32 Å². The molecule has 0 spiro atoms. The van der Waals surface area contributed by atoms with Crippen molar-refractivity contribution in [2.75, 3.05) is 0 Å². The minimum Gasteiger partial charge on any atom is -0.350 e. The van der Waals surface area contributed by atoms with Gasteiger partial charge in [-0.3, -0.25) is 4.79 Å². The molecule has 0 atom stereocenters. The molecule has 0 aromatic heterocycles. The number of nitrogens with one attached hydrogen (secondary N) is 1. The van der Waals surface area contributed by atoms with Gasteiger partial charge in [-0.1, -0.05) is 30.3 Å². The molecule has 2 aromatic carbocycles. The first-order valence-electron chi connectivity index (χ1n) is 8.15. The van der Waals surface area contributed by atoms with Crippen molar-refractivity contribution in [1.82, 2.24) is 5.32 Å². The lowest BCUT2D eigenvalue weighted by molar-refractivity contribution is -0.117. The van der Waals surface area contributed by atoms with Gasteiger partial charge in [0, 0.05) is 17.2 Å². The number of carbonyl (C=O) groups excluding carboxylic acids is 1. The molecule has 0 aliphatic rings. The van der Waals surface area contributed by atoms with Crippen LogP contribution in [0.25, 0.3) is 17.2 Å². The predicted molar refractivity (Wildman–Crippen MR) is 98.2 cm³/mol. The van der Waals surface area contributed by atoms with Gasteiger partial charge in [-0.05, 0) is 69.0 Å². The maximum absolute atomic E-state index is 14.1. The van der Waals surface area contributed by atoms with Crippen molar-refractivity contribution in [2.24, 2.45) is 0 Å². The summed E-state index contributed by atoms with van der Waals surface area (Å²) in [5, 5.41) is 2.88. The van der Waals surface area contributed by atoms with Crippen LogP contribution in [0, 0.1) is 19.7 Å². The van der Waals surface area contributed by atoms with Crippen LogP contribution in [-0.4, -0.2) is 11.9 Å². The number of hydrogen-bond acceptors (Lipinski definition) is 1.